The molecule has 0 aliphatic carbocycles. The maximum Gasteiger partial charge on any atom is 0.238 e. The number of hydrogen-bond acceptors (Lipinski definition) is 4. The molecule has 1 aromatic heterocycles. The number of rotatable bonds is 5. The molecule has 2 heterocycles. The van der Waals surface area contributed by atoms with Crippen molar-refractivity contribution in [3.8, 4) is 0 Å². The van der Waals surface area contributed by atoms with Crippen molar-refractivity contribution in [3.63, 3.8) is 0 Å². The van der Waals surface area contributed by atoms with E-state index < -0.39 is 0 Å². The second kappa shape index (κ2) is 8.23. The summed E-state index contributed by atoms with van der Waals surface area (Å²) in [5.41, 5.74) is 4.44. The Kier molecular flexibility index (Phi) is 5.79. The van der Waals surface area contributed by atoms with Gasteiger partial charge >= 0.3 is 0 Å². The van der Waals surface area contributed by atoms with Gasteiger partial charge in [-0.3, -0.25) is 19.6 Å². The molecule has 132 valence electrons. The zero-order chi connectivity index (χ0) is 17.6. The van der Waals surface area contributed by atoms with Gasteiger partial charge in [0, 0.05) is 50.8 Å². The summed E-state index contributed by atoms with van der Waals surface area (Å²) in [4.78, 5) is 21.2. The zero-order valence-corrected chi connectivity index (χ0v) is 15.0. The number of nitrogens with zero attached hydrogens (tertiary/aromatic N) is 3. The third-order valence-corrected chi connectivity index (χ3v) is 4.59. The monoisotopic (exact) mass is 338 g/mol. The van der Waals surface area contributed by atoms with Gasteiger partial charge in [-0.25, -0.2) is 0 Å². The molecule has 5 nitrogen and oxygen atoms in total. The van der Waals surface area contributed by atoms with E-state index in [1.54, 1.807) is 0 Å². The van der Waals surface area contributed by atoms with Crippen molar-refractivity contribution < 1.29 is 4.79 Å². The van der Waals surface area contributed by atoms with Crippen molar-refractivity contribution in [1.82, 2.24) is 14.8 Å². The van der Waals surface area contributed by atoms with Crippen LogP contribution >= 0.6 is 0 Å². The van der Waals surface area contributed by atoms with Crippen LogP contribution in [-0.4, -0.2) is 53.4 Å². The second-order valence-electron chi connectivity index (χ2n) is 6.79. The lowest BCUT2D eigenvalue weighted by atomic mass is 10.2. The summed E-state index contributed by atoms with van der Waals surface area (Å²) in [5, 5.41) is 3.01. The summed E-state index contributed by atoms with van der Waals surface area (Å²) < 4.78 is 0. The number of carbonyl (C=O) groups excluding carboxylic acids is 1. The van der Waals surface area contributed by atoms with E-state index in [-0.39, 0.29) is 5.91 Å². The van der Waals surface area contributed by atoms with E-state index in [0.29, 0.717) is 6.54 Å². The Bertz CT molecular complexity index is 723. The highest BCUT2D eigenvalue weighted by Crippen LogP contribution is 2.13. The average molecular weight is 338 g/mol. The van der Waals surface area contributed by atoms with E-state index >= 15 is 0 Å². The van der Waals surface area contributed by atoms with Gasteiger partial charge in [-0.1, -0.05) is 24.3 Å². The quantitative estimate of drug-likeness (QED) is 0.910. The van der Waals surface area contributed by atoms with Gasteiger partial charge in [0.05, 0.1) is 6.54 Å². The highest BCUT2D eigenvalue weighted by atomic mass is 16.2. The molecule has 25 heavy (non-hydrogen) atoms. The molecule has 2 aromatic rings. The number of anilines is 1. The smallest absolute Gasteiger partial charge is 0.238 e. The number of piperazine rings is 1. The SMILES string of the molecule is Cc1cncc(CN2CCN(CC(=O)Nc3ccccc3C)CC2)c1. The Morgan fingerprint density at radius 1 is 1.08 bits per heavy atom. The molecule has 0 bridgehead atoms. The summed E-state index contributed by atoms with van der Waals surface area (Å²) in [7, 11) is 0. The summed E-state index contributed by atoms with van der Waals surface area (Å²) in [6, 6.07) is 10.1. The number of hydrogen-bond donors (Lipinski definition) is 1. The van der Waals surface area contributed by atoms with Crippen LogP contribution in [-0.2, 0) is 11.3 Å². The van der Waals surface area contributed by atoms with E-state index in [2.05, 4.69) is 33.1 Å². The van der Waals surface area contributed by atoms with Crippen LogP contribution in [0.5, 0.6) is 0 Å². The maximum absolute atomic E-state index is 12.3. The highest BCUT2D eigenvalue weighted by molar-refractivity contribution is 5.92. The molecule has 1 amide bonds. The molecule has 5 heteroatoms. The van der Waals surface area contributed by atoms with E-state index in [9.17, 15) is 4.79 Å². The normalized spacial score (nSPS) is 15.9. The lowest BCUT2D eigenvalue weighted by Gasteiger charge is -2.34. The van der Waals surface area contributed by atoms with Gasteiger partial charge in [0.1, 0.15) is 0 Å². The molecular weight excluding hydrogens is 312 g/mol. The molecule has 1 aliphatic rings. The van der Waals surface area contributed by atoms with Crippen molar-refractivity contribution in [2.75, 3.05) is 38.0 Å². The predicted octanol–water partition coefficient (Wildman–Crippen LogP) is 2.45. The fourth-order valence-electron chi connectivity index (χ4n) is 3.17. The van der Waals surface area contributed by atoms with Crippen molar-refractivity contribution in [3.05, 3.63) is 59.4 Å². The van der Waals surface area contributed by atoms with E-state index in [1.165, 1.54) is 11.1 Å². The van der Waals surface area contributed by atoms with Crippen LogP contribution < -0.4 is 5.32 Å². The zero-order valence-electron chi connectivity index (χ0n) is 15.0. The number of para-hydroxylation sites is 1. The van der Waals surface area contributed by atoms with Crippen molar-refractivity contribution >= 4 is 11.6 Å². The summed E-state index contributed by atoms with van der Waals surface area (Å²) in [6.45, 7) is 9.25. The van der Waals surface area contributed by atoms with Crippen molar-refractivity contribution in [1.29, 1.82) is 0 Å². The number of nitrogens with one attached hydrogen (secondary N) is 1. The van der Waals surface area contributed by atoms with Crippen LogP contribution in [0.1, 0.15) is 16.7 Å². The maximum atomic E-state index is 12.3. The molecule has 0 unspecified atom stereocenters. The molecule has 3 rings (SSSR count). The van der Waals surface area contributed by atoms with E-state index in [4.69, 9.17) is 0 Å². The van der Waals surface area contributed by atoms with Gasteiger partial charge in [-0.15, -0.1) is 0 Å². The van der Waals surface area contributed by atoms with Crippen LogP contribution in [0.3, 0.4) is 0 Å². The van der Waals surface area contributed by atoms with Gasteiger partial charge in [0.25, 0.3) is 0 Å². The number of amides is 1. The molecule has 0 spiro atoms. The highest BCUT2D eigenvalue weighted by Gasteiger charge is 2.19. The average Bonchev–Trinajstić information content (AvgIpc) is 2.59. The van der Waals surface area contributed by atoms with Crippen molar-refractivity contribution in [2.45, 2.75) is 20.4 Å². The molecular formula is C20H26N4O. The molecule has 0 atom stereocenters. The molecule has 1 aliphatic heterocycles. The minimum absolute atomic E-state index is 0.0608. The fraction of sp³-hybridized carbons (Fsp3) is 0.400. The van der Waals surface area contributed by atoms with Gasteiger partial charge in [-0.2, -0.15) is 0 Å². The third kappa shape index (κ3) is 5.11. The third-order valence-electron chi connectivity index (χ3n) is 4.59. The lowest BCUT2D eigenvalue weighted by molar-refractivity contribution is -0.117. The lowest BCUT2D eigenvalue weighted by Crippen LogP contribution is -2.48. The topological polar surface area (TPSA) is 48.5 Å². The molecule has 1 N–H and O–H groups in total. The minimum Gasteiger partial charge on any atom is -0.325 e. The molecule has 0 radical (unpaired) electrons. The molecule has 1 saturated heterocycles. The predicted molar refractivity (Wildman–Crippen MR) is 100 cm³/mol. The number of aromatic nitrogens is 1. The molecule has 0 saturated carbocycles. The summed E-state index contributed by atoms with van der Waals surface area (Å²) in [5.74, 6) is 0.0608. The van der Waals surface area contributed by atoms with Crippen LogP contribution in [0.25, 0.3) is 0 Å². The van der Waals surface area contributed by atoms with Crippen LogP contribution in [0.15, 0.2) is 42.7 Å². The first-order valence-electron chi connectivity index (χ1n) is 8.81. The van der Waals surface area contributed by atoms with E-state index in [1.807, 2.05) is 43.6 Å². The van der Waals surface area contributed by atoms with Gasteiger partial charge in [0.15, 0.2) is 0 Å². The Morgan fingerprint density at radius 2 is 1.80 bits per heavy atom. The number of aryl methyl sites for hydroxylation is 2. The molecule has 1 fully saturated rings. The summed E-state index contributed by atoms with van der Waals surface area (Å²) in [6.07, 6.45) is 3.82. The van der Waals surface area contributed by atoms with Gasteiger partial charge < -0.3 is 5.32 Å². The van der Waals surface area contributed by atoms with Crippen LogP contribution in [0.2, 0.25) is 0 Å². The van der Waals surface area contributed by atoms with Crippen LogP contribution in [0, 0.1) is 13.8 Å². The van der Waals surface area contributed by atoms with Crippen molar-refractivity contribution in [2.24, 2.45) is 0 Å². The first-order chi connectivity index (χ1) is 12.1. The van der Waals surface area contributed by atoms with E-state index in [0.717, 1.165) is 44.0 Å². The Hall–Kier alpha value is -2.24. The largest absolute Gasteiger partial charge is 0.325 e. The standard InChI is InChI=1S/C20H26N4O/c1-16-11-18(13-21-12-16)14-23-7-9-24(10-8-23)15-20(25)22-19-6-4-3-5-17(19)2/h3-6,11-13H,7-10,14-15H2,1-2H3,(H,22,25). The second-order valence-corrected chi connectivity index (χ2v) is 6.79. The van der Waals surface area contributed by atoms with Gasteiger partial charge in [-0.05, 0) is 36.6 Å². The van der Waals surface area contributed by atoms with Gasteiger partial charge in [0.2, 0.25) is 5.91 Å². The first kappa shape index (κ1) is 17.6. The Morgan fingerprint density at radius 3 is 2.52 bits per heavy atom. The number of pyridine rings is 1. The number of benzene rings is 1. The minimum atomic E-state index is 0.0608. The Labute approximate surface area is 149 Å². The summed E-state index contributed by atoms with van der Waals surface area (Å²) >= 11 is 0. The first-order valence-corrected chi connectivity index (χ1v) is 8.81. The fourth-order valence-corrected chi connectivity index (χ4v) is 3.17. The van der Waals surface area contributed by atoms with Crippen LogP contribution in [0.4, 0.5) is 5.69 Å². The number of carbonyl (C=O) groups is 1. The molecule has 1 aromatic carbocycles. The Balaban J connectivity index is 1.44.